The Morgan fingerprint density at radius 2 is 1.24 bits per heavy atom. The molecule has 37 heavy (non-hydrogen) atoms. The van der Waals surface area contributed by atoms with E-state index < -0.39 is 10.5 Å². The van der Waals surface area contributed by atoms with Crippen LogP contribution in [-0.2, 0) is 30.8 Å². The third-order valence-electron chi connectivity index (χ3n) is 7.63. The second-order valence-corrected chi connectivity index (χ2v) is 13.5. The maximum Gasteiger partial charge on any atom is 0.495 e. The number of thioether (sulfide) groups is 2. The fourth-order valence-corrected chi connectivity index (χ4v) is 6.07. The van der Waals surface area contributed by atoms with Gasteiger partial charge in [0.15, 0.2) is 0 Å². The predicted octanol–water partition coefficient (Wildman–Crippen LogP) is 6.09. The molecule has 2 aliphatic heterocycles. The molecule has 2 heterocycles. The van der Waals surface area contributed by atoms with Crippen LogP contribution in [-0.4, -0.2) is 48.0 Å². The Labute approximate surface area is 234 Å². The van der Waals surface area contributed by atoms with E-state index in [-0.39, 0.29) is 25.4 Å². The lowest BCUT2D eigenvalue weighted by Gasteiger charge is -2.35. The quantitative estimate of drug-likeness (QED) is 0.376. The van der Waals surface area contributed by atoms with E-state index in [4.69, 9.17) is 18.6 Å². The maximum absolute atomic E-state index is 6.53. The second-order valence-electron chi connectivity index (χ2n) is 11.1. The molecule has 8 heteroatoms. The molecule has 0 amide bonds. The zero-order valence-corrected chi connectivity index (χ0v) is 26.0. The van der Waals surface area contributed by atoms with Crippen molar-refractivity contribution in [3.05, 3.63) is 59.7 Å². The largest absolute Gasteiger partial charge is 0.495 e. The fourth-order valence-electron chi connectivity index (χ4n) is 4.26. The van der Waals surface area contributed by atoms with Gasteiger partial charge in [-0.05, 0) is 83.2 Å². The molecule has 202 valence electrons. The van der Waals surface area contributed by atoms with Crippen LogP contribution >= 0.6 is 23.5 Å². The van der Waals surface area contributed by atoms with E-state index in [2.05, 4.69) is 103 Å². The first-order chi connectivity index (χ1) is 17.4. The summed E-state index contributed by atoms with van der Waals surface area (Å²) in [7, 11) is -0.684. The molecule has 0 N–H and O–H groups in total. The van der Waals surface area contributed by atoms with Crippen LogP contribution in [0.2, 0.25) is 0 Å². The van der Waals surface area contributed by atoms with Gasteiger partial charge in [0, 0.05) is 11.5 Å². The number of hydrogen-bond donors (Lipinski definition) is 0. The average molecular weight is 542 g/mol. The topological polar surface area (TPSA) is 36.9 Å². The Morgan fingerprint density at radius 3 is 1.84 bits per heavy atom. The first kappa shape index (κ1) is 30.6. The monoisotopic (exact) mass is 542 g/mol. The van der Waals surface area contributed by atoms with E-state index in [1.807, 2.05) is 37.4 Å². The molecule has 2 fully saturated rings. The fraction of sp³-hybridized carbons (Fsp3) is 0.586. The van der Waals surface area contributed by atoms with Crippen molar-refractivity contribution in [2.45, 2.75) is 96.2 Å². The van der Waals surface area contributed by atoms with E-state index in [9.17, 15) is 0 Å². The van der Waals surface area contributed by atoms with Gasteiger partial charge in [-0.2, -0.15) is 11.8 Å². The molecule has 0 saturated carbocycles. The van der Waals surface area contributed by atoms with Gasteiger partial charge in [0.2, 0.25) is 0 Å². The minimum Gasteiger partial charge on any atom is -0.399 e. The third kappa shape index (κ3) is 6.82. The van der Waals surface area contributed by atoms with Gasteiger partial charge in [0.1, 0.15) is 4.93 Å². The van der Waals surface area contributed by atoms with Crippen molar-refractivity contribution in [3.63, 3.8) is 0 Å². The highest BCUT2D eigenvalue weighted by Crippen LogP contribution is 2.45. The molecule has 1 unspecified atom stereocenters. The van der Waals surface area contributed by atoms with Crippen LogP contribution in [0, 0.1) is 0 Å². The summed E-state index contributed by atoms with van der Waals surface area (Å²) in [6, 6.07) is 17.2. The van der Waals surface area contributed by atoms with Crippen molar-refractivity contribution < 1.29 is 18.6 Å². The van der Waals surface area contributed by atoms with Crippen molar-refractivity contribution in [2.24, 2.45) is 0 Å². The molecule has 2 aromatic carbocycles. The maximum atomic E-state index is 6.53. The summed E-state index contributed by atoms with van der Waals surface area (Å²) < 4.78 is 25.4. The third-order valence-corrected chi connectivity index (χ3v) is 9.80. The SMILES string of the molecule is CC.CSCc1ccc(B2OC(C)(C)C(C)(SCCc3cccc(B4OC(C)(C)C(C)(C)O4)c3)O2)cc1. The highest BCUT2D eigenvalue weighted by molar-refractivity contribution is 8.00. The molecular formula is C29H44B2O4S2. The molecule has 4 nitrogen and oxygen atoms in total. The van der Waals surface area contributed by atoms with Gasteiger partial charge in [-0.3, -0.25) is 0 Å². The summed E-state index contributed by atoms with van der Waals surface area (Å²) in [4.78, 5) is -0.445. The first-order valence-electron chi connectivity index (χ1n) is 13.4. The van der Waals surface area contributed by atoms with Crippen LogP contribution in [0.3, 0.4) is 0 Å². The molecule has 0 radical (unpaired) electrons. The molecule has 1 atom stereocenters. The lowest BCUT2D eigenvalue weighted by atomic mass is 9.78. The summed E-state index contributed by atoms with van der Waals surface area (Å²) in [5.41, 5.74) is 3.64. The Kier molecular flexibility index (Phi) is 10.0. The summed E-state index contributed by atoms with van der Waals surface area (Å²) in [5.74, 6) is 1.94. The number of aryl methyl sites for hydroxylation is 1. The highest BCUT2D eigenvalue weighted by Gasteiger charge is 2.55. The van der Waals surface area contributed by atoms with Crippen LogP contribution in [0.25, 0.3) is 0 Å². The second kappa shape index (κ2) is 12.1. The van der Waals surface area contributed by atoms with Crippen molar-refractivity contribution >= 4 is 48.7 Å². The molecular weight excluding hydrogens is 498 g/mol. The normalized spacial score (nSPS) is 23.6. The minimum atomic E-state index is -0.445. The van der Waals surface area contributed by atoms with Crippen LogP contribution in [0.4, 0.5) is 0 Å². The van der Waals surface area contributed by atoms with E-state index in [1.54, 1.807) is 0 Å². The van der Waals surface area contributed by atoms with E-state index >= 15 is 0 Å². The van der Waals surface area contributed by atoms with Crippen LogP contribution in [0.1, 0.15) is 73.4 Å². The van der Waals surface area contributed by atoms with Crippen molar-refractivity contribution in [2.75, 3.05) is 12.0 Å². The van der Waals surface area contributed by atoms with Crippen molar-refractivity contribution in [1.29, 1.82) is 0 Å². The van der Waals surface area contributed by atoms with Gasteiger partial charge in [-0.15, -0.1) is 11.8 Å². The van der Waals surface area contributed by atoms with Gasteiger partial charge in [0.05, 0.1) is 16.8 Å². The molecule has 0 aromatic heterocycles. The van der Waals surface area contributed by atoms with Gasteiger partial charge < -0.3 is 18.6 Å². The lowest BCUT2D eigenvalue weighted by molar-refractivity contribution is 0.00578. The number of rotatable bonds is 8. The number of hydrogen-bond acceptors (Lipinski definition) is 6. The van der Waals surface area contributed by atoms with Crippen molar-refractivity contribution in [3.8, 4) is 0 Å². The summed E-state index contributed by atoms with van der Waals surface area (Å²) in [6.07, 6.45) is 3.05. The molecule has 2 saturated heterocycles. The smallest absolute Gasteiger partial charge is 0.399 e. The standard InChI is InChI=1S/C27H38B2O4S2.C2H6/c1-24(2)25(3,4)31-29(30-24)23-11-9-10-20(18-23)16-17-35-27(7)26(5,6)32-28(33-27)22-14-12-21(13-15-22)19-34-8;1-2/h9-15,18H,16-17,19H2,1-8H3;1-2H3. The molecule has 2 aliphatic rings. The minimum absolute atomic E-state index is 0.335. The van der Waals surface area contributed by atoms with Crippen LogP contribution in [0.15, 0.2) is 48.5 Å². The van der Waals surface area contributed by atoms with Gasteiger partial charge in [-0.25, -0.2) is 0 Å². The van der Waals surface area contributed by atoms with Gasteiger partial charge >= 0.3 is 14.2 Å². The van der Waals surface area contributed by atoms with E-state index in [0.717, 1.165) is 28.9 Å². The van der Waals surface area contributed by atoms with Crippen LogP contribution < -0.4 is 10.9 Å². The summed E-state index contributed by atoms with van der Waals surface area (Å²) in [5, 5.41) is 0. The molecule has 2 aromatic rings. The lowest BCUT2D eigenvalue weighted by Crippen LogP contribution is -2.42. The molecule has 4 rings (SSSR count). The Balaban J connectivity index is 0.00000186. The van der Waals surface area contributed by atoms with Gasteiger partial charge in [0.25, 0.3) is 0 Å². The zero-order valence-electron chi connectivity index (χ0n) is 24.3. The van der Waals surface area contributed by atoms with Gasteiger partial charge in [-0.1, -0.05) is 62.4 Å². The number of benzene rings is 2. The van der Waals surface area contributed by atoms with Crippen LogP contribution in [0.5, 0.6) is 0 Å². The van der Waals surface area contributed by atoms with E-state index in [0.29, 0.717) is 0 Å². The average Bonchev–Trinajstić information content (AvgIpc) is 3.22. The Morgan fingerprint density at radius 1 is 0.676 bits per heavy atom. The molecule has 0 bridgehead atoms. The first-order valence-corrected chi connectivity index (χ1v) is 15.8. The zero-order chi connectivity index (χ0) is 27.5. The highest BCUT2D eigenvalue weighted by atomic mass is 32.2. The predicted molar refractivity (Wildman–Crippen MR) is 163 cm³/mol. The van der Waals surface area contributed by atoms with E-state index in [1.165, 1.54) is 11.1 Å². The molecule has 0 aliphatic carbocycles. The summed E-state index contributed by atoms with van der Waals surface area (Å²) in [6.45, 7) is 18.8. The Bertz CT molecular complexity index is 1010. The summed E-state index contributed by atoms with van der Waals surface area (Å²) >= 11 is 3.65. The molecule has 0 spiro atoms. The Hall–Kier alpha value is -0.890. The van der Waals surface area contributed by atoms with Crippen molar-refractivity contribution in [1.82, 2.24) is 0 Å².